The van der Waals surface area contributed by atoms with Crippen LogP contribution in [0.25, 0.3) is 149 Å². The second kappa shape index (κ2) is 17.1. The van der Waals surface area contributed by atoms with E-state index in [1.165, 1.54) is 54.7 Å². The number of hydrogen-bond acceptors (Lipinski definition) is 2. The number of benzene rings is 12. The van der Waals surface area contributed by atoms with E-state index in [4.69, 9.17) is 9.97 Å². The van der Waals surface area contributed by atoms with Gasteiger partial charge in [0.15, 0.2) is 5.82 Å². The van der Waals surface area contributed by atoms with Gasteiger partial charge in [-0.3, -0.25) is 4.57 Å². The van der Waals surface area contributed by atoms with Gasteiger partial charge in [0.05, 0.1) is 49.8 Å². The molecule has 0 aliphatic heterocycles. The highest BCUT2D eigenvalue weighted by molar-refractivity contribution is 6.29. The summed E-state index contributed by atoms with van der Waals surface area (Å²) in [4.78, 5) is 10.9. The van der Waals surface area contributed by atoms with Crippen LogP contribution in [0.1, 0.15) is 0 Å². The predicted molar refractivity (Wildman–Crippen MR) is 322 cm³/mol. The SMILES string of the molecule is c1ccc(-c2ccc(-c3cc(-c4ccccc4)cc(-n4c5ccccc5c5c6c7ccccc7n(-c7cccc8c7c7ccccc7n8-c7nc8ccccc8nc7-c7ccc8ccccc8c7)c6ccc54)c3)cc2)cc1. The standard InChI is InChI=1S/C72H45N5/c1-3-18-46(19-4-1)49-34-36-50(37-35-49)54-43-53(47-20-5-2-6-21-47)44-55(45-54)75-61-29-14-10-25-57(61)69-66(75)40-41-67-70(69)58-26-11-15-30-62(58)76(67)64-32-17-33-65-68(64)56-24-9-16-31-63(56)77(65)72-71(73-59-27-12-13-28-60(59)74-72)52-39-38-48-22-7-8-23-51(48)42-52/h1-45H. The van der Waals surface area contributed by atoms with Gasteiger partial charge in [-0.15, -0.1) is 0 Å². The zero-order chi connectivity index (χ0) is 50.6. The maximum Gasteiger partial charge on any atom is 0.165 e. The summed E-state index contributed by atoms with van der Waals surface area (Å²) in [7, 11) is 0. The van der Waals surface area contributed by atoms with Crippen molar-refractivity contribution in [2.24, 2.45) is 0 Å². The molecule has 77 heavy (non-hydrogen) atoms. The van der Waals surface area contributed by atoms with Crippen LogP contribution in [0.3, 0.4) is 0 Å². The lowest BCUT2D eigenvalue weighted by Gasteiger charge is -2.15. The molecule has 0 bridgehead atoms. The van der Waals surface area contributed by atoms with Gasteiger partial charge < -0.3 is 9.13 Å². The average Bonchev–Trinajstić information content (AvgIpc) is 4.36. The summed E-state index contributed by atoms with van der Waals surface area (Å²) >= 11 is 0. The van der Waals surface area contributed by atoms with Crippen LogP contribution < -0.4 is 0 Å². The van der Waals surface area contributed by atoms with E-state index in [1.807, 2.05) is 12.1 Å². The third-order valence-corrected chi connectivity index (χ3v) is 15.8. The Morgan fingerprint density at radius 1 is 0.247 bits per heavy atom. The van der Waals surface area contributed by atoms with Crippen LogP contribution in [-0.4, -0.2) is 23.7 Å². The Labute approximate surface area is 443 Å². The smallest absolute Gasteiger partial charge is 0.165 e. The average molecular weight is 980 g/mol. The molecule has 0 saturated heterocycles. The fourth-order valence-electron chi connectivity index (χ4n) is 12.3. The quantitative estimate of drug-likeness (QED) is 0.160. The zero-order valence-corrected chi connectivity index (χ0v) is 41.7. The Kier molecular flexibility index (Phi) is 9.57. The van der Waals surface area contributed by atoms with Gasteiger partial charge in [0.25, 0.3) is 0 Å². The molecule has 0 unspecified atom stereocenters. The highest BCUT2D eigenvalue weighted by Gasteiger charge is 2.25. The van der Waals surface area contributed by atoms with Gasteiger partial charge in [0.2, 0.25) is 0 Å². The topological polar surface area (TPSA) is 40.6 Å². The van der Waals surface area contributed by atoms with E-state index in [9.17, 15) is 0 Å². The van der Waals surface area contributed by atoms with Gasteiger partial charge in [-0.2, -0.15) is 0 Å². The highest BCUT2D eigenvalue weighted by Crippen LogP contribution is 2.46. The van der Waals surface area contributed by atoms with Gasteiger partial charge >= 0.3 is 0 Å². The van der Waals surface area contributed by atoms with Crippen molar-refractivity contribution >= 4 is 87.2 Å². The van der Waals surface area contributed by atoms with E-state index >= 15 is 0 Å². The molecule has 0 aliphatic rings. The highest BCUT2D eigenvalue weighted by atomic mass is 15.1. The Morgan fingerprint density at radius 2 is 0.701 bits per heavy atom. The maximum atomic E-state index is 5.51. The predicted octanol–water partition coefficient (Wildman–Crippen LogP) is 18.7. The summed E-state index contributed by atoms with van der Waals surface area (Å²) in [5.74, 6) is 0.794. The third kappa shape index (κ3) is 6.74. The summed E-state index contributed by atoms with van der Waals surface area (Å²) in [5, 5.41) is 9.51. The number of rotatable bonds is 7. The van der Waals surface area contributed by atoms with Gasteiger partial charge in [-0.05, 0) is 123 Å². The van der Waals surface area contributed by atoms with Crippen molar-refractivity contribution in [3.05, 3.63) is 273 Å². The monoisotopic (exact) mass is 979 g/mol. The van der Waals surface area contributed by atoms with Crippen LogP contribution in [0.4, 0.5) is 0 Å². The number of para-hydroxylation sites is 5. The first-order chi connectivity index (χ1) is 38.2. The van der Waals surface area contributed by atoms with E-state index in [2.05, 4.69) is 275 Å². The van der Waals surface area contributed by atoms with Crippen LogP contribution in [0.15, 0.2) is 273 Å². The van der Waals surface area contributed by atoms with Crippen molar-refractivity contribution < 1.29 is 0 Å². The van der Waals surface area contributed by atoms with Crippen LogP contribution in [-0.2, 0) is 0 Å². The number of hydrogen-bond donors (Lipinski definition) is 0. The summed E-state index contributed by atoms with van der Waals surface area (Å²) in [6, 6.07) is 98.9. The minimum Gasteiger partial charge on any atom is -0.309 e. The molecule has 16 rings (SSSR count). The van der Waals surface area contributed by atoms with Crippen molar-refractivity contribution in [1.82, 2.24) is 23.7 Å². The molecule has 16 aromatic rings. The fourth-order valence-corrected chi connectivity index (χ4v) is 12.3. The van der Waals surface area contributed by atoms with Crippen molar-refractivity contribution in [1.29, 1.82) is 0 Å². The summed E-state index contributed by atoms with van der Waals surface area (Å²) in [6.07, 6.45) is 0. The fraction of sp³-hybridized carbons (Fsp3) is 0. The first kappa shape index (κ1) is 43.1. The molecule has 5 heteroatoms. The molecule has 12 aromatic carbocycles. The van der Waals surface area contributed by atoms with Crippen molar-refractivity contribution in [3.63, 3.8) is 0 Å². The van der Waals surface area contributed by atoms with Crippen molar-refractivity contribution in [2.75, 3.05) is 0 Å². The molecule has 0 atom stereocenters. The first-order valence-electron chi connectivity index (χ1n) is 26.3. The third-order valence-electron chi connectivity index (χ3n) is 15.8. The van der Waals surface area contributed by atoms with E-state index in [0.29, 0.717) is 0 Å². The van der Waals surface area contributed by atoms with Crippen LogP contribution in [0.5, 0.6) is 0 Å². The van der Waals surface area contributed by atoms with E-state index in [-0.39, 0.29) is 0 Å². The molecule has 0 fully saturated rings. The Balaban J connectivity index is 0.938. The normalized spacial score (nSPS) is 11.9. The molecule has 4 aromatic heterocycles. The second-order valence-electron chi connectivity index (χ2n) is 20.1. The molecular formula is C72H45N5. The molecule has 4 heterocycles. The molecule has 0 saturated carbocycles. The summed E-state index contributed by atoms with van der Waals surface area (Å²) in [6.45, 7) is 0. The Morgan fingerprint density at radius 3 is 1.36 bits per heavy atom. The largest absolute Gasteiger partial charge is 0.309 e. The van der Waals surface area contributed by atoms with E-state index in [0.717, 1.165) is 94.3 Å². The molecule has 0 aliphatic carbocycles. The van der Waals surface area contributed by atoms with E-state index in [1.54, 1.807) is 0 Å². The van der Waals surface area contributed by atoms with Gasteiger partial charge in [0.1, 0.15) is 5.69 Å². The number of aromatic nitrogens is 5. The van der Waals surface area contributed by atoms with Gasteiger partial charge in [0, 0.05) is 43.6 Å². The molecular weight excluding hydrogens is 935 g/mol. The van der Waals surface area contributed by atoms with Gasteiger partial charge in [-0.25, -0.2) is 9.97 Å². The lowest BCUT2D eigenvalue weighted by molar-refractivity contribution is 1.08. The maximum absolute atomic E-state index is 5.51. The van der Waals surface area contributed by atoms with Crippen LogP contribution >= 0.6 is 0 Å². The minimum absolute atomic E-state index is 0.794. The molecule has 0 N–H and O–H groups in total. The molecule has 0 spiro atoms. The van der Waals surface area contributed by atoms with E-state index < -0.39 is 0 Å². The number of fused-ring (bicyclic) bond motifs is 12. The zero-order valence-electron chi connectivity index (χ0n) is 41.7. The molecule has 358 valence electrons. The van der Waals surface area contributed by atoms with Crippen LogP contribution in [0.2, 0.25) is 0 Å². The second-order valence-corrected chi connectivity index (χ2v) is 20.1. The lowest BCUT2D eigenvalue weighted by atomic mass is 9.96. The summed E-state index contributed by atoms with van der Waals surface area (Å²) < 4.78 is 7.32. The Bertz CT molecular complexity index is 5020. The van der Waals surface area contributed by atoms with Crippen molar-refractivity contribution in [3.8, 4) is 61.8 Å². The molecule has 5 nitrogen and oxygen atoms in total. The summed E-state index contributed by atoms with van der Waals surface area (Å²) in [5.41, 5.74) is 19.6. The number of nitrogens with zero attached hydrogens (tertiary/aromatic N) is 5. The first-order valence-corrected chi connectivity index (χ1v) is 26.3. The minimum atomic E-state index is 0.794. The lowest BCUT2D eigenvalue weighted by Crippen LogP contribution is -2.04. The molecule has 0 radical (unpaired) electrons. The molecule has 0 amide bonds. The van der Waals surface area contributed by atoms with Gasteiger partial charge in [-0.1, -0.05) is 194 Å². The van der Waals surface area contributed by atoms with Crippen molar-refractivity contribution in [2.45, 2.75) is 0 Å². The Hall–Kier alpha value is -10.4. The van der Waals surface area contributed by atoms with Crippen LogP contribution in [0, 0.1) is 0 Å².